The lowest BCUT2D eigenvalue weighted by atomic mass is 10.1. The Kier molecular flexibility index (Phi) is 7.39. The maximum absolute atomic E-state index is 11.5. The lowest BCUT2D eigenvalue weighted by molar-refractivity contribution is -0.142. The van der Waals surface area contributed by atoms with E-state index in [-0.39, 0.29) is 31.5 Å². The molecular weight excluding hydrogens is 252 g/mol. The van der Waals surface area contributed by atoms with E-state index >= 15 is 0 Å². The highest BCUT2D eigenvalue weighted by molar-refractivity contribution is 5.83. The van der Waals surface area contributed by atoms with Gasteiger partial charge in [-0.1, -0.05) is 0 Å². The largest absolute Gasteiger partial charge is 0.480 e. The zero-order valence-corrected chi connectivity index (χ0v) is 10.9. The number of nitrogens with one attached hydrogen (secondary N) is 2. The number of hydrogen-bond donors (Lipinski definition) is 4. The minimum Gasteiger partial charge on any atom is -0.480 e. The van der Waals surface area contributed by atoms with Crippen molar-refractivity contribution in [2.24, 2.45) is 0 Å². The number of amides is 1. The average molecular weight is 274 g/mol. The van der Waals surface area contributed by atoms with Crippen LogP contribution in [0.15, 0.2) is 0 Å². The van der Waals surface area contributed by atoms with E-state index in [1.165, 1.54) is 0 Å². The van der Waals surface area contributed by atoms with Crippen LogP contribution in [0, 0.1) is 0 Å². The molecule has 1 aliphatic heterocycles. The second-order valence-corrected chi connectivity index (χ2v) is 4.54. The van der Waals surface area contributed by atoms with Crippen molar-refractivity contribution in [3.05, 3.63) is 0 Å². The number of aliphatic hydroxyl groups is 1. The summed E-state index contributed by atoms with van der Waals surface area (Å²) in [4.78, 5) is 22.3. The number of carboxylic acids is 1. The van der Waals surface area contributed by atoms with Gasteiger partial charge in [0.05, 0.1) is 12.7 Å². The third-order valence-corrected chi connectivity index (χ3v) is 3.02. The minimum absolute atomic E-state index is 0.0101. The minimum atomic E-state index is -1.14. The van der Waals surface area contributed by atoms with Crippen molar-refractivity contribution in [3.63, 3.8) is 0 Å². The molecule has 0 aliphatic carbocycles. The molecule has 0 saturated carbocycles. The topological polar surface area (TPSA) is 108 Å². The van der Waals surface area contributed by atoms with Crippen LogP contribution in [0.5, 0.6) is 0 Å². The quantitative estimate of drug-likeness (QED) is 0.457. The van der Waals surface area contributed by atoms with Crippen molar-refractivity contribution in [2.75, 3.05) is 26.3 Å². The number of carboxylic acid groups (broad SMARTS) is 1. The highest BCUT2D eigenvalue weighted by atomic mass is 16.5. The Morgan fingerprint density at radius 3 is 2.63 bits per heavy atom. The van der Waals surface area contributed by atoms with Gasteiger partial charge in [-0.2, -0.15) is 0 Å². The summed E-state index contributed by atoms with van der Waals surface area (Å²) in [5.41, 5.74) is 0. The van der Waals surface area contributed by atoms with Crippen LogP contribution in [0.1, 0.15) is 25.7 Å². The van der Waals surface area contributed by atoms with Crippen LogP contribution in [-0.4, -0.2) is 60.5 Å². The number of carbonyl (C=O) groups is 2. The van der Waals surface area contributed by atoms with Gasteiger partial charge in [0.25, 0.3) is 0 Å². The Labute approximate surface area is 112 Å². The molecular formula is C12H22N2O5. The van der Waals surface area contributed by atoms with Gasteiger partial charge in [-0.25, -0.2) is 4.79 Å². The zero-order chi connectivity index (χ0) is 14.1. The number of aliphatic hydroxyl groups excluding tert-OH is 1. The molecule has 19 heavy (non-hydrogen) atoms. The predicted molar refractivity (Wildman–Crippen MR) is 67.7 cm³/mol. The molecule has 7 nitrogen and oxygen atoms in total. The fourth-order valence-electron chi connectivity index (χ4n) is 1.93. The summed E-state index contributed by atoms with van der Waals surface area (Å²) >= 11 is 0. The molecule has 0 bridgehead atoms. The van der Waals surface area contributed by atoms with Crippen LogP contribution in [-0.2, 0) is 14.3 Å². The first kappa shape index (κ1) is 15.9. The van der Waals surface area contributed by atoms with Gasteiger partial charge in [-0.3, -0.25) is 4.79 Å². The summed E-state index contributed by atoms with van der Waals surface area (Å²) in [5.74, 6) is -1.50. The van der Waals surface area contributed by atoms with E-state index in [4.69, 9.17) is 14.9 Å². The molecule has 1 heterocycles. The lowest BCUT2D eigenvalue weighted by Gasteiger charge is -2.23. The molecule has 1 unspecified atom stereocenters. The average Bonchev–Trinajstić information content (AvgIpc) is 2.39. The summed E-state index contributed by atoms with van der Waals surface area (Å²) in [5, 5.41) is 23.1. The molecule has 1 atom stereocenters. The van der Waals surface area contributed by atoms with Crippen LogP contribution in [0.25, 0.3) is 0 Å². The van der Waals surface area contributed by atoms with E-state index in [1.807, 2.05) is 0 Å². The molecule has 1 saturated heterocycles. The second-order valence-electron chi connectivity index (χ2n) is 4.54. The zero-order valence-electron chi connectivity index (χ0n) is 10.9. The predicted octanol–water partition coefficient (Wildman–Crippen LogP) is -0.903. The third kappa shape index (κ3) is 6.51. The number of rotatable bonds is 8. The molecule has 110 valence electrons. The monoisotopic (exact) mass is 274 g/mol. The van der Waals surface area contributed by atoms with Crippen LogP contribution in [0.3, 0.4) is 0 Å². The van der Waals surface area contributed by atoms with Gasteiger partial charge in [-0.15, -0.1) is 0 Å². The van der Waals surface area contributed by atoms with E-state index in [2.05, 4.69) is 10.6 Å². The molecule has 1 fully saturated rings. The number of hydrogen-bond acceptors (Lipinski definition) is 5. The van der Waals surface area contributed by atoms with Gasteiger partial charge < -0.3 is 25.6 Å². The number of ether oxygens (including phenoxy) is 1. The van der Waals surface area contributed by atoms with Crippen LogP contribution in [0.2, 0.25) is 0 Å². The van der Waals surface area contributed by atoms with Gasteiger partial charge in [0.15, 0.2) is 0 Å². The molecule has 7 heteroatoms. The van der Waals surface area contributed by atoms with Crippen molar-refractivity contribution in [1.82, 2.24) is 10.6 Å². The third-order valence-electron chi connectivity index (χ3n) is 3.02. The molecule has 0 spiro atoms. The molecule has 1 aliphatic rings. The summed E-state index contributed by atoms with van der Waals surface area (Å²) in [6, 6.07) is -1.03. The van der Waals surface area contributed by atoms with Crippen molar-refractivity contribution in [3.8, 4) is 0 Å². The smallest absolute Gasteiger partial charge is 0.326 e. The summed E-state index contributed by atoms with van der Waals surface area (Å²) < 4.78 is 5.56. The molecule has 0 radical (unpaired) electrons. The van der Waals surface area contributed by atoms with Crippen molar-refractivity contribution in [2.45, 2.75) is 37.8 Å². The Morgan fingerprint density at radius 2 is 2.05 bits per heavy atom. The van der Waals surface area contributed by atoms with Crippen molar-refractivity contribution in [1.29, 1.82) is 0 Å². The maximum atomic E-state index is 11.5. The maximum Gasteiger partial charge on any atom is 0.326 e. The first-order valence-electron chi connectivity index (χ1n) is 6.59. The highest BCUT2D eigenvalue weighted by Gasteiger charge is 2.19. The van der Waals surface area contributed by atoms with Gasteiger partial charge in [0, 0.05) is 19.4 Å². The summed E-state index contributed by atoms with van der Waals surface area (Å²) in [7, 11) is 0. The van der Waals surface area contributed by atoms with Crippen molar-refractivity contribution >= 4 is 11.9 Å². The molecule has 1 rings (SSSR count). The lowest BCUT2D eigenvalue weighted by Crippen LogP contribution is -2.42. The van der Waals surface area contributed by atoms with E-state index in [0.29, 0.717) is 6.61 Å². The van der Waals surface area contributed by atoms with Crippen LogP contribution in [0.4, 0.5) is 0 Å². The van der Waals surface area contributed by atoms with Crippen LogP contribution < -0.4 is 10.6 Å². The van der Waals surface area contributed by atoms with Gasteiger partial charge in [0.2, 0.25) is 5.91 Å². The highest BCUT2D eigenvalue weighted by Crippen LogP contribution is 2.07. The first-order chi connectivity index (χ1) is 9.13. The van der Waals surface area contributed by atoms with Crippen LogP contribution >= 0.6 is 0 Å². The van der Waals surface area contributed by atoms with E-state index < -0.39 is 12.0 Å². The standard InChI is InChI=1S/C12H22N2O5/c15-7-3-10(12(17)18)14-11(16)4-8-19-9-1-5-13-6-2-9/h9-10,13,15H,1-8H2,(H,14,16)(H,17,18). The molecule has 0 aromatic rings. The normalized spacial score (nSPS) is 17.9. The molecule has 0 aromatic carbocycles. The molecule has 1 amide bonds. The van der Waals surface area contributed by atoms with Gasteiger partial charge >= 0.3 is 5.97 Å². The number of carbonyl (C=O) groups excluding carboxylic acids is 1. The number of piperidine rings is 1. The number of aliphatic carboxylic acids is 1. The van der Waals surface area contributed by atoms with E-state index in [0.717, 1.165) is 25.9 Å². The Balaban J connectivity index is 2.17. The fourth-order valence-corrected chi connectivity index (χ4v) is 1.93. The van der Waals surface area contributed by atoms with Crippen molar-refractivity contribution < 1.29 is 24.5 Å². The molecule has 0 aromatic heterocycles. The van der Waals surface area contributed by atoms with Gasteiger partial charge in [-0.05, 0) is 25.9 Å². The second kappa shape index (κ2) is 8.84. The Bertz CT molecular complexity index is 292. The van der Waals surface area contributed by atoms with E-state index in [9.17, 15) is 9.59 Å². The SMILES string of the molecule is O=C(CCOC1CCNCC1)NC(CCO)C(=O)O. The van der Waals surface area contributed by atoms with Gasteiger partial charge in [0.1, 0.15) is 6.04 Å². The summed E-state index contributed by atoms with van der Waals surface area (Å²) in [6.45, 7) is 1.87. The van der Waals surface area contributed by atoms with E-state index in [1.54, 1.807) is 0 Å². The Morgan fingerprint density at radius 1 is 1.37 bits per heavy atom. The molecule has 4 N–H and O–H groups in total. The first-order valence-corrected chi connectivity index (χ1v) is 6.59. The summed E-state index contributed by atoms with van der Waals surface area (Å²) in [6.07, 6.45) is 2.20. The fraction of sp³-hybridized carbons (Fsp3) is 0.833. The Hall–Kier alpha value is -1.18.